The Morgan fingerprint density at radius 2 is 2.00 bits per heavy atom. The van der Waals surface area contributed by atoms with E-state index in [2.05, 4.69) is 4.74 Å². The fraction of sp³-hybridized carbons (Fsp3) is 0.111. The minimum absolute atomic E-state index is 0.286. The van der Waals surface area contributed by atoms with E-state index < -0.39 is 19.0 Å². The minimum atomic E-state index is -2.89. The molecule has 0 heterocycles. The van der Waals surface area contributed by atoms with E-state index in [0.717, 1.165) is 0 Å². The predicted octanol–water partition coefficient (Wildman–Crippen LogP) is 1.17. The quantitative estimate of drug-likeness (QED) is 0.699. The number of hydrogen-bond acceptors (Lipinski definition) is 3. The third-order valence-electron chi connectivity index (χ3n) is 1.47. The molecule has 0 bridgehead atoms. The van der Waals surface area contributed by atoms with Gasteiger partial charge in [0.25, 0.3) is 0 Å². The zero-order valence-corrected chi connectivity index (χ0v) is 6.48. The van der Waals surface area contributed by atoms with Crippen molar-refractivity contribution in [3.05, 3.63) is 35.4 Å². The number of ether oxygens (including phenoxy) is 1. The lowest BCUT2D eigenvalue weighted by Gasteiger charge is -2.02. The summed E-state index contributed by atoms with van der Waals surface area (Å²) in [5, 5.41) is 8.76. The summed E-state index contributed by atoms with van der Waals surface area (Å²) >= 11 is 0. The summed E-state index contributed by atoms with van der Waals surface area (Å²) < 4.78 is 24.3. The van der Waals surface area contributed by atoms with Gasteiger partial charge in [0.15, 0.2) is 0 Å². The number of rotatable bonds is 2. The van der Waals surface area contributed by atoms with E-state index in [9.17, 15) is 9.59 Å². The molecule has 1 aromatic rings. The number of carboxylic acid groups (broad SMARTS) is 1. The van der Waals surface area contributed by atoms with Crippen LogP contribution in [0.4, 0.5) is 0 Å². The standard InChI is InChI=1S/C9H8O4/c1-13-9(12)7-5-3-2-4-6(7)8(10)11/h2-5H,1H3,(H,10,11)/i1D3. The lowest BCUT2D eigenvalue weighted by molar-refractivity contribution is 0.0582. The van der Waals surface area contributed by atoms with Gasteiger partial charge in [-0.15, -0.1) is 0 Å². The van der Waals surface area contributed by atoms with Gasteiger partial charge in [0.1, 0.15) is 0 Å². The van der Waals surface area contributed by atoms with Crippen LogP contribution in [0.2, 0.25) is 0 Å². The number of esters is 1. The topological polar surface area (TPSA) is 63.6 Å². The molecule has 13 heavy (non-hydrogen) atoms. The zero-order valence-electron chi connectivity index (χ0n) is 9.48. The first-order chi connectivity index (χ1) is 7.31. The van der Waals surface area contributed by atoms with E-state index in [4.69, 9.17) is 9.22 Å². The molecular formula is C9H8O4. The summed E-state index contributed by atoms with van der Waals surface area (Å²) in [6.45, 7) is 0. The first-order valence-electron chi connectivity index (χ1n) is 4.87. The van der Waals surface area contributed by atoms with Crippen LogP contribution >= 0.6 is 0 Å². The molecule has 1 rings (SSSR count). The van der Waals surface area contributed by atoms with Crippen molar-refractivity contribution in [2.75, 3.05) is 7.04 Å². The molecule has 0 amide bonds. The fourth-order valence-electron chi connectivity index (χ4n) is 0.903. The summed E-state index contributed by atoms with van der Waals surface area (Å²) in [6.07, 6.45) is 0. The normalized spacial score (nSPS) is 13.7. The van der Waals surface area contributed by atoms with Crippen LogP contribution in [0.15, 0.2) is 24.3 Å². The van der Waals surface area contributed by atoms with Gasteiger partial charge in [-0.2, -0.15) is 0 Å². The maximum atomic E-state index is 11.3. The molecule has 0 aliphatic heterocycles. The van der Waals surface area contributed by atoms with Crippen molar-refractivity contribution in [2.45, 2.75) is 0 Å². The van der Waals surface area contributed by atoms with Crippen LogP contribution in [0, 0.1) is 0 Å². The Bertz CT molecular complexity index is 425. The Morgan fingerprint density at radius 3 is 2.54 bits per heavy atom. The second kappa shape index (κ2) is 3.71. The first-order valence-corrected chi connectivity index (χ1v) is 3.37. The predicted molar refractivity (Wildman–Crippen MR) is 44.7 cm³/mol. The van der Waals surface area contributed by atoms with Crippen molar-refractivity contribution in [3.8, 4) is 0 Å². The Hall–Kier alpha value is -1.84. The molecule has 1 aromatic carbocycles. The van der Waals surface area contributed by atoms with Gasteiger partial charge in [-0.05, 0) is 12.1 Å². The lowest BCUT2D eigenvalue weighted by Crippen LogP contribution is -2.09. The van der Waals surface area contributed by atoms with Crippen molar-refractivity contribution < 1.29 is 23.5 Å². The van der Waals surface area contributed by atoms with E-state index in [-0.39, 0.29) is 11.1 Å². The van der Waals surface area contributed by atoms with Gasteiger partial charge in [-0.1, -0.05) is 12.1 Å². The second-order valence-corrected chi connectivity index (χ2v) is 2.24. The van der Waals surface area contributed by atoms with Crippen molar-refractivity contribution in [1.29, 1.82) is 0 Å². The number of carboxylic acids is 1. The Morgan fingerprint density at radius 1 is 1.38 bits per heavy atom. The molecule has 1 N–H and O–H groups in total. The largest absolute Gasteiger partial charge is 0.478 e. The minimum Gasteiger partial charge on any atom is -0.478 e. The number of benzene rings is 1. The van der Waals surface area contributed by atoms with Gasteiger partial charge in [0, 0.05) is 0 Å². The smallest absolute Gasteiger partial charge is 0.338 e. The number of methoxy groups -OCH3 is 1. The Kier molecular flexibility index (Phi) is 1.64. The molecule has 0 saturated carbocycles. The highest BCUT2D eigenvalue weighted by Gasteiger charge is 2.15. The summed E-state index contributed by atoms with van der Waals surface area (Å²) in [6, 6.07) is 5.23. The highest BCUT2D eigenvalue weighted by Crippen LogP contribution is 2.09. The molecule has 4 nitrogen and oxygen atoms in total. The van der Waals surface area contributed by atoms with Gasteiger partial charge in [0.2, 0.25) is 0 Å². The van der Waals surface area contributed by atoms with Crippen LogP contribution in [-0.4, -0.2) is 24.1 Å². The molecule has 0 aromatic heterocycles. The third-order valence-corrected chi connectivity index (χ3v) is 1.47. The molecule has 4 heteroatoms. The third kappa shape index (κ3) is 1.84. The summed E-state index contributed by atoms with van der Waals surface area (Å²) in [7, 11) is -2.89. The summed E-state index contributed by atoms with van der Waals surface area (Å²) in [4.78, 5) is 22.1. The van der Waals surface area contributed by atoms with E-state index in [1.807, 2.05) is 0 Å². The van der Waals surface area contributed by atoms with E-state index in [1.54, 1.807) is 0 Å². The molecule has 0 radical (unpaired) electrons. The van der Waals surface area contributed by atoms with Crippen molar-refractivity contribution >= 4 is 11.9 Å². The molecule has 0 aliphatic rings. The molecule has 0 fully saturated rings. The average molecular weight is 183 g/mol. The first kappa shape index (κ1) is 5.75. The number of aromatic carboxylic acids is 1. The van der Waals surface area contributed by atoms with E-state index in [0.29, 0.717) is 0 Å². The average Bonchev–Trinajstić information content (AvgIpc) is 2.15. The summed E-state index contributed by atoms with van der Waals surface area (Å²) in [5.74, 6) is -2.50. The van der Waals surface area contributed by atoms with Crippen LogP contribution in [0.5, 0.6) is 0 Å². The maximum absolute atomic E-state index is 11.3. The lowest BCUT2D eigenvalue weighted by atomic mass is 10.1. The molecule has 68 valence electrons. The molecule has 0 atom stereocenters. The van der Waals surface area contributed by atoms with Crippen molar-refractivity contribution in [1.82, 2.24) is 0 Å². The van der Waals surface area contributed by atoms with Gasteiger partial charge < -0.3 is 9.84 Å². The van der Waals surface area contributed by atoms with Crippen LogP contribution < -0.4 is 0 Å². The van der Waals surface area contributed by atoms with E-state index >= 15 is 0 Å². The molecular weight excluding hydrogens is 172 g/mol. The van der Waals surface area contributed by atoms with Crippen molar-refractivity contribution in [2.24, 2.45) is 0 Å². The SMILES string of the molecule is [2H]C([2H])([2H])OC(=O)c1ccccc1C(=O)O. The molecule has 0 saturated heterocycles. The van der Waals surface area contributed by atoms with Crippen LogP contribution in [0.1, 0.15) is 24.8 Å². The van der Waals surface area contributed by atoms with Gasteiger partial charge in [-0.25, -0.2) is 9.59 Å². The molecule has 0 spiro atoms. The van der Waals surface area contributed by atoms with E-state index in [1.165, 1.54) is 24.3 Å². The molecule has 0 unspecified atom stereocenters. The maximum Gasteiger partial charge on any atom is 0.338 e. The van der Waals surface area contributed by atoms with Crippen LogP contribution in [0.3, 0.4) is 0 Å². The number of carbonyl (C=O) groups is 2. The van der Waals surface area contributed by atoms with Gasteiger partial charge in [-0.3, -0.25) is 0 Å². The highest BCUT2D eigenvalue weighted by molar-refractivity contribution is 6.02. The zero-order chi connectivity index (χ0) is 12.3. The monoisotopic (exact) mass is 183 g/mol. The van der Waals surface area contributed by atoms with Gasteiger partial charge >= 0.3 is 11.9 Å². The molecule has 0 aliphatic carbocycles. The van der Waals surface area contributed by atoms with Gasteiger partial charge in [0.05, 0.1) is 22.3 Å². The fourth-order valence-corrected chi connectivity index (χ4v) is 0.903. The Labute approximate surface area is 79.0 Å². The van der Waals surface area contributed by atoms with Crippen LogP contribution in [-0.2, 0) is 4.74 Å². The number of carbonyl (C=O) groups excluding carboxylic acids is 1. The highest BCUT2D eigenvalue weighted by atomic mass is 16.5. The van der Waals surface area contributed by atoms with Crippen molar-refractivity contribution in [3.63, 3.8) is 0 Å². The second-order valence-electron chi connectivity index (χ2n) is 2.24. The number of hydrogen-bond donors (Lipinski definition) is 1. The van der Waals surface area contributed by atoms with Crippen LogP contribution in [0.25, 0.3) is 0 Å². The summed E-state index contributed by atoms with van der Waals surface area (Å²) in [5.41, 5.74) is -0.581. The Balaban J connectivity index is 3.04.